The van der Waals surface area contributed by atoms with Gasteiger partial charge in [-0.3, -0.25) is 4.79 Å². The first-order valence-electron chi connectivity index (χ1n) is 5.88. The van der Waals surface area contributed by atoms with Gasteiger partial charge >= 0.3 is 0 Å². The van der Waals surface area contributed by atoms with E-state index < -0.39 is 28.9 Å². The van der Waals surface area contributed by atoms with Gasteiger partial charge in [-0.05, 0) is 18.2 Å². The highest BCUT2D eigenvalue weighted by atomic mass is 19.1. The van der Waals surface area contributed by atoms with Crippen molar-refractivity contribution in [2.75, 3.05) is 5.73 Å². The summed E-state index contributed by atoms with van der Waals surface area (Å²) in [5.41, 5.74) is 5.28. The van der Waals surface area contributed by atoms with Gasteiger partial charge in [-0.2, -0.15) is 0 Å². The minimum absolute atomic E-state index is 0.121. The van der Waals surface area contributed by atoms with Gasteiger partial charge in [0, 0.05) is 29.9 Å². The summed E-state index contributed by atoms with van der Waals surface area (Å²) >= 11 is 0. The largest absolute Gasteiger partial charge is 0.508 e. The fraction of sp³-hybridized carbons (Fsp3) is 0.0714. The van der Waals surface area contributed by atoms with Gasteiger partial charge in [-0.15, -0.1) is 0 Å². The third-order valence-electron chi connectivity index (χ3n) is 2.78. The second-order valence-corrected chi connectivity index (χ2v) is 4.32. The van der Waals surface area contributed by atoms with E-state index in [0.717, 1.165) is 0 Å². The lowest BCUT2D eigenvalue weighted by atomic mass is 10.1. The average molecular weight is 296 g/mol. The van der Waals surface area contributed by atoms with Crippen molar-refractivity contribution in [3.63, 3.8) is 0 Å². The van der Waals surface area contributed by atoms with Crippen molar-refractivity contribution >= 4 is 11.6 Å². The predicted molar refractivity (Wildman–Crippen MR) is 70.0 cm³/mol. The van der Waals surface area contributed by atoms with Gasteiger partial charge in [-0.1, -0.05) is 0 Å². The van der Waals surface area contributed by atoms with Crippen molar-refractivity contribution in [2.45, 2.75) is 6.54 Å². The van der Waals surface area contributed by atoms with Crippen LogP contribution in [0.2, 0.25) is 0 Å². The minimum Gasteiger partial charge on any atom is -0.508 e. The molecule has 0 bridgehead atoms. The lowest BCUT2D eigenvalue weighted by Crippen LogP contribution is -2.25. The second-order valence-electron chi connectivity index (χ2n) is 4.32. The molecule has 0 radical (unpaired) electrons. The van der Waals surface area contributed by atoms with Crippen LogP contribution in [-0.2, 0) is 6.54 Å². The van der Waals surface area contributed by atoms with E-state index in [0.29, 0.717) is 17.8 Å². The summed E-state index contributed by atoms with van der Waals surface area (Å²) < 4.78 is 39.6. The Morgan fingerprint density at radius 3 is 2.38 bits per heavy atom. The van der Waals surface area contributed by atoms with Gasteiger partial charge in [0.15, 0.2) is 0 Å². The van der Waals surface area contributed by atoms with Crippen LogP contribution in [-0.4, -0.2) is 11.0 Å². The van der Waals surface area contributed by atoms with E-state index in [1.54, 1.807) is 0 Å². The molecule has 0 spiro atoms. The van der Waals surface area contributed by atoms with Crippen molar-refractivity contribution in [3.8, 4) is 5.75 Å². The molecule has 1 amide bonds. The molecule has 4 N–H and O–H groups in total. The number of anilines is 1. The van der Waals surface area contributed by atoms with Crippen LogP contribution < -0.4 is 11.1 Å². The molecular weight excluding hydrogens is 285 g/mol. The van der Waals surface area contributed by atoms with Gasteiger partial charge in [0.1, 0.15) is 28.8 Å². The highest BCUT2D eigenvalue weighted by Crippen LogP contribution is 2.20. The van der Waals surface area contributed by atoms with Crippen LogP contribution in [0.15, 0.2) is 30.3 Å². The number of phenolic OH excluding ortho intramolecular Hbond substituents is 1. The number of halogens is 3. The summed E-state index contributed by atoms with van der Waals surface area (Å²) in [4.78, 5) is 11.7. The number of aromatic hydroxyl groups is 1. The molecule has 0 atom stereocenters. The topological polar surface area (TPSA) is 75.3 Å². The molecule has 0 aliphatic carbocycles. The smallest absolute Gasteiger partial charge is 0.257 e. The van der Waals surface area contributed by atoms with Crippen molar-refractivity contribution in [3.05, 3.63) is 58.9 Å². The molecule has 0 saturated heterocycles. The Hall–Kier alpha value is -2.70. The Labute approximate surface area is 118 Å². The van der Waals surface area contributed by atoms with Crippen LogP contribution >= 0.6 is 0 Å². The number of hydrogen-bond donors (Lipinski definition) is 3. The van der Waals surface area contributed by atoms with Crippen LogP contribution in [0.4, 0.5) is 18.9 Å². The fourth-order valence-electron chi connectivity index (χ4n) is 1.77. The lowest BCUT2D eigenvalue weighted by Gasteiger charge is -2.09. The second kappa shape index (κ2) is 5.74. The molecule has 0 heterocycles. The monoisotopic (exact) mass is 296 g/mol. The number of phenols is 1. The van der Waals surface area contributed by atoms with Gasteiger partial charge in [-0.25, -0.2) is 13.2 Å². The molecule has 0 saturated carbocycles. The van der Waals surface area contributed by atoms with Crippen LogP contribution in [0.1, 0.15) is 15.9 Å². The standard InChI is InChI=1S/C14H11F3N2O2/c15-8-4-10(16)13(11(17)5-8)14(21)19-6-7-3-9(18)1-2-12(7)20/h1-5,20H,6,18H2,(H,19,21). The van der Waals surface area contributed by atoms with Gasteiger partial charge in [0.2, 0.25) is 0 Å². The van der Waals surface area contributed by atoms with Gasteiger partial charge in [0.05, 0.1) is 0 Å². The van der Waals surface area contributed by atoms with Crippen LogP contribution in [0.5, 0.6) is 5.75 Å². The third-order valence-corrected chi connectivity index (χ3v) is 2.78. The van der Waals surface area contributed by atoms with E-state index in [1.807, 2.05) is 0 Å². The van der Waals surface area contributed by atoms with E-state index in [9.17, 15) is 23.1 Å². The number of carbonyl (C=O) groups is 1. The van der Waals surface area contributed by atoms with E-state index in [2.05, 4.69) is 5.32 Å². The Kier molecular flexibility index (Phi) is 4.02. The highest BCUT2D eigenvalue weighted by Gasteiger charge is 2.19. The number of nitrogens with one attached hydrogen (secondary N) is 1. The summed E-state index contributed by atoms with van der Waals surface area (Å²) in [5.74, 6) is -4.91. The number of rotatable bonds is 3. The molecule has 2 aromatic rings. The Bertz CT molecular complexity index is 682. The molecule has 0 aliphatic heterocycles. The maximum absolute atomic E-state index is 13.4. The predicted octanol–water partition coefficient (Wildman–Crippen LogP) is 2.32. The summed E-state index contributed by atoms with van der Waals surface area (Å²) in [6.45, 7) is -0.189. The summed E-state index contributed by atoms with van der Waals surface area (Å²) in [6, 6.07) is 5.02. The first kappa shape index (κ1) is 14.7. The molecule has 110 valence electrons. The fourth-order valence-corrected chi connectivity index (χ4v) is 1.77. The Morgan fingerprint density at radius 2 is 1.76 bits per heavy atom. The van der Waals surface area contributed by atoms with E-state index >= 15 is 0 Å². The Balaban J connectivity index is 2.18. The molecule has 0 unspecified atom stereocenters. The molecule has 21 heavy (non-hydrogen) atoms. The maximum Gasteiger partial charge on any atom is 0.257 e. The number of nitrogen functional groups attached to an aromatic ring is 1. The van der Waals surface area contributed by atoms with Crippen LogP contribution in [0.25, 0.3) is 0 Å². The number of benzene rings is 2. The van der Waals surface area contributed by atoms with Crippen LogP contribution in [0.3, 0.4) is 0 Å². The molecule has 7 heteroatoms. The van der Waals surface area contributed by atoms with E-state index in [4.69, 9.17) is 5.73 Å². The van der Waals surface area contributed by atoms with E-state index in [1.165, 1.54) is 18.2 Å². The highest BCUT2D eigenvalue weighted by molar-refractivity contribution is 5.94. The molecule has 2 aromatic carbocycles. The quantitative estimate of drug-likeness (QED) is 0.601. The maximum atomic E-state index is 13.4. The van der Waals surface area contributed by atoms with Gasteiger partial charge < -0.3 is 16.2 Å². The van der Waals surface area contributed by atoms with Crippen LogP contribution in [0, 0.1) is 17.5 Å². The SMILES string of the molecule is Nc1ccc(O)c(CNC(=O)c2c(F)cc(F)cc2F)c1. The summed E-state index contributed by atoms with van der Waals surface area (Å²) in [7, 11) is 0. The first-order chi connectivity index (χ1) is 9.88. The lowest BCUT2D eigenvalue weighted by molar-refractivity contribution is 0.0942. The van der Waals surface area contributed by atoms with Crippen molar-refractivity contribution in [1.82, 2.24) is 5.32 Å². The van der Waals surface area contributed by atoms with E-state index in [-0.39, 0.29) is 17.9 Å². The number of hydrogen-bond acceptors (Lipinski definition) is 3. The molecule has 4 nitrogen and oxygen atoms in total. The van der Waals surface area contributed by atoms with Crippen molar-refractivity contribution < 1.29 is 23.1 Å². The zero-order chi connectivity index (χ0) is 15.6. The molecule has 2 rings (SSSR count). The molecular formula is C14H11F3N2O2. The van der Waals surface area contributed by atoms with Crippen molar-refractivity contribution in [2.24, 2.45) is 0 Å². The summed E-state index contributed by atoms with van der Waals surface area (Å²) in [6.07, 6.45) is 0. The number of carbonyl (C=O) groups excluding carboxylic acids is 1. The normalized spacial score (nSPS) is 10.4. The third kappa shape index (κ3) is 3.25. The molecule has 0 aromatic heterocycles. The zero-order valence-electron chi connectivity index (χ0n) is 10.7. The minimum atomic E-state index is -1.30. The first-order valence-corrected chi connectivity index (χ1v) is 5.88. The van der Waals surface area contributed by atoms with Gasteiger partial charge in [0.25, 0.3) is 5.91 Å². The average Bonchev–Trinajstić information content (AvgIpc) is 2.38. The molecule has 0 fully saturated rings. The van der Waals surface area contributed by atoms with Crippen molar-refractivity contribution in [1.29, 1.82) is 0 Å². The zero-order valence-corrected chi connectivity index (χ0v) is 10.7. The number of nitrogens with two attached hydrogens (primary N) is 1. The summed E-state index contributed by atoms with van der Waals surface area (Å²) in [5, 5.41) is 11.8. The Morgan fingerprint density at radius 1 is 1.14 bits per heavy atom. The molecule has 0 aliphatic rings. The number of amides is 1.